The SMILES string of the molecule is CC(C)NCCCN(C)S(=O)(=O)NC(C)c1nn[nH]n1. The van der Waals surface area contributed by atoms with Crippen molar-refractivity contribution in [3.05, 3.63) is 5.82 Å². The summed E-state index contributed by atoms with van der Waals surface area (Å²) in [6.45, 7) is 6.98. The summed E-state index contributed by atoms with van der Waals surface area (Å²) in [5, 5.41) is 16.4. The lowest BCUT2D eigenvalue weighted by molar-refractivity contribution is 0.432. The lowest BCUT2D eigenvalue weighted by atomic mass is 10.3. The zero-order chi connectivity index (χ0) is 15.2. The molecule has 0 spiro atoms. The summed E-state index contributed by atoms with van der Waals surface area (Å²) in [7, 11) is -2.01. The summed E-state index contributed by atoms with van der Waals surface area (Å²) in [6.07, 6.45) is 0.742. The average Bonchev–Trinajstić information content (AvgIpc) is 2.87. The van der Waals surface area contributed by atoms with Gasteiger partial charge >= 0.3 is 0 Å². The molecule has 9 nitrogen and oxygen atoms in total. The number of aromatic nitrogens is 4. The smallest absolute Gasteiger partial charge is 0.279 e. The predicted molar refractivity (Wildman–Crippen MR) is 75.0 cm³/mol. The Balaban J connectivity index is 2.43. The second-order valence-corrected chi connectivity index (χ2v) is 6.71. The van der Waals surface area contributed by atoms with Crippen LogP contribution in [0, 0.1) is 0 Å². The van der Waals surface area contributed by atoms with Gasteiger partial charge in [-0.15, -0.1) is 10.2 Å². The van der Waals surface area contributed by atoms with Crippen molar-refractivity contribution in [1.82, 2.24) is 35.0 Å². The largest absolute Gasteiger partial charge is 0.314 e. The lowest BCUT2D eigenvalue weighted by Gasteiger charge is -2.20. The van der Waals surface area contributed by atoms with Gasteiger partial charge < -0.3 is 5.32 Å². The van der Waals surface area contributed by atoms with E-state index in [9.17, 15) is 8.42 Å². The fraction of sp³-hybridized carbons (Fsp3) is 0.900. The third kappa shape index (κ3) is 5.49. The Hall–Kier alpha value is -1.10. The van der Waals surface area contributed by atoms with Crippen LogP contribution < -0.4 is 10.0 Å². The van der Waals surface area contributed by atoms with Crippen molar-refractivity contribution in [3.8, 4) is 0 Å². The van der Waals surface area contributed by atoms with E-state index in [0.29, 0.717) is 18.4 Å². The van der Waals surface area contributed by atoms with Crippen LogP contribution in [0.25, 0.3) is 0 Å². The first-order valence-electron chi connectivity index (χ1n) is 6.53. The van der Waals surface area contributed by atoms with Crippen molar-refractivity contribution >= 4 is 10.2 Å². The number of nitrogens with one attached hydrogen (secondary N) is 3. The summed E-state index contributed by atoms with van der Waals surface area (Å²) >= 11 is 0. The third-order valence-corrected chi connectivity index (χ3v) is 4.34. The molecule has 20 heavy (non-hydrogen) atoms. The van der Waals surface area contributed by atoms with E-state index in [-0.39, 0.29) is 0 Å². The highest BCUT2D eigenvalue weighted by atomic mass is 32.2. The van der Waals surface area contributed by atoms with E-state index in [1.54, 1.807) is 14.0 Å². The second-order valence-electron chi connectivity index (χ2n) is 4.90. The van der Waals surface area contributed by atoms with Gasteiger partial charge in [0.05, 0.1) is 6.04 Å². The summed E-state index contributed by atoms with van der Waals surface area (Å²) < 4.78 is 27.9. The minimum atomic E-state index is -3.55. The Labute approximate surface area is 119 Å². The van der Waals surface area contributed by atoms with Crippen molar-refractivity contribution in [1.29, 1.82) is 0 Å². The molecule has 1 aromatic heterocycles. The molecule has 1 heterocycles. The zero-order valence-corrected chi connectivity index (χ0v) is 13.1. The number of hydrogen-bond donors (Lipinski definition) is 3. The molecular weight excluding hydrogens is 282 g/mol. The molecule has 1 atom stereocenters. The summed E-state index contributed by atoms with van der Waals surface area (Å²) in [5.41, 5.74) is 0. The van der Waals surface area contributed by atoms with Gasteiger partial charge in [0.1, 0.15) is 0 Å². The topological polar surface area (TPSA) is 116 Å². The maximum absolute atomic E-state index is 12.1. The van der Waals surface area contributed by atoms with E-state index in [1.807, 2.05) is 0 Å². The summed E-state index contributed by atoms with van der Waals surface area (Å²) in [6, 6.07) is -0.136. The molecule has 10 heteroatoms. The molecule has 0 amide bonds. The van der Waals surface area contributed by atoms with E-state index >= 15 is 0 Å². The summed E-state index contributed by atoms with van der Waals surface area (Å²) in [4.78, 5) is 0. The van der Waals surface area contributed by atoms with Crippen LogP contribution in [0.3, 0.4) is 0 Å². The van der Waals surface area contributed by atoms with Gasteiger partial charge in [0.2, 0.25) is 0 Å². The number of tetrazole rings is 1. The van der Waals surface area contributed by atoms with Crippen LogP contribution in [0.4, 0.5) is 0 Å². The zero-order valence-electron chi connectivity index (χ0n) is 12.3. The Kier molecular flexibility index (Phi) is 6.46. The standard InChI is InChI=1S/C10H23N7O2S/c1-8(2)11-6-5-7-17(4)20(18,19)14-9(3)10-12-15-16-13-10/h8-9,11,14H,5-7H2,1-4H3,(H,12,13,15,16). The molecule has 1 aromatic rings. The lowest BCUT2D eigenvalue weighted by Crippen LogP contribution is -2.41. The van der Waals surface area contributed by atoms with Gasteiger partial charge in [-0.1, -0.05) is 19.1 Å². The van der Waals surface area contributed by atoms with Gasteiger partial charge in [-0.3, -0.25) is 0 Å². The Morgan fingerprint density at radius 1 is 1.35 bits per heavy atom. The molecule has 0 aliphatic carbocycles. The number of hydrogen-bond acceptors (Lipinski definition) is 6. The minimum absolute atomic E-state index is 0.309. The van der Waals surface area contributed by atoms with Crippen molar-refractivity contribution < 1.29 is 8.42 Å². The maximum Gasteiger partial charge on any atom is 0.279 e. The normalized spacial score (nSPS) is 14.1. The van der Waals surface area contributed by atoms with Crippen LogP contribution in [0.5, 0.6) is 0 Å². The van der Waals surface area contributed by atoms with Crippen LogP contribution in [0.1, 0.15) is 39.1 Å². The highest BCUT2D eigenvalue weighted by molar-refractivity contribution is 7.87. The minimum Gasteiger partial charge on any atom is -0.314 e. The molecule has 116 valence electrons. The monoisotopic (exact) mass is 305 g/mol. The van der Waals surface area contributed by atoms with Gasteiger partial charge in [0, 0.05) is 19.6 Å². The molecule has 0 saturated carbocycles. The molecule has 0 saturated heterocycles. The molecular formula is C10H23N7O2S. The van der Waals surface area contributed by atoms with E-state index in [2.05, 4.69) is 44.5 Å². The molecule has 0 aliphatic heterocycles. The Morgan fingerprint density at radius 3 is 2.60 bits per heavy atom. The number of aromatic amines is 1. The molecule has 0 bridgehead atoms. The first-order chi connectivity index (χ1) is 9.33. The van der Waals surface area contributed by atoms with Crippen LogP contribution in [0.15, 0.2) is 0 Å². The van der Waals surface area contributed by atoms with Crippen LogP contribution in [0.2, 0.25) is 0 Å². The quantitative estimate of drug-likeness (QED) is 0.525. The number of rotatable bonds is 9. The molecule has 0 fully saturated rings. The van der Waals surface area contributed by atoms with E-state index in [4.69, 9.17) is 0 Å². The van der Waals surface area contributed by atoms with Crippen molar-refractivity contribution in [2.45, 2.75) is 39.3 Å². The van der Waals surface area contributed by atoms with Gasteiger partial charge in [-0.2, -0.15) is 22.7 Å². The van der Waals surface area contributed by atoms with E-state index in [0.717, 1.165) is 13.0 Å². The summed E-state index contributed by atoms with van der Waals surface area (Å²) in [5.74, 6) is 0.309. The van der Waals surface area contributed by atoms with Gasteiger partial charge in [-0.25, -0.2) is 0 Å². The van der Waals surface area contributed by atoms with E-state index in [1.165, 1.54) is 4.31 Å². The highest BCUT2D eigenvalue weighted by Gasteiger charge is 2.22. The Morgan fingerprint density at radius 2 is 2.05 bits per heavy atom. The third-order valence-electron chi connectivity index (χ3n) is 2.69. The number of H-pyrrole nitrogens is 1. The predicted octanol–water partition coefficient (Wildman–Crippen LogP) is -0.585. The molecule has 3 N–H and O–H groups in total. The van der Waals surface area contributed by atoms with Gasteiger partial charge in [0.15, 0.2) is 5.82 Å². The Bertz CT molecular complexity index is 474. The fourth-order valence-electron chi connectivity index (χ4n) is 1.53. The van der Waals surface area contributed by atoms with Crippen molar-refractivity contribution in [2.24, 2.45) is 0 Å². The molecule has 0 radical (unpaired) electrons. The first-order valence-corrected chi connectivity index (χ1v) is 7.97. The molecule has 1 unspecified atom stereocenters. The maximum atomic E-state index is 12.1. The van der Waals surface area contributed by atoms with E-state index < -0.39 is 16.3 Å². The molecule has 1 rings (SSSR count). The molecule has 0 aliphatic rings. The van der Waals surface area contributed by atoms with Crippen LogP contribution in [-0.2, 0) is 10.2 Å². The first kappa shape index (κ1) is 17.0. The molecule has 0 aromatic carbocycles. The van der Waals surface area contributed by atoms with Gasteiger partial charge in [-0.05, 0) is 19.9 Å². The second kappa shape index (κ2) is 7.62. The van der Waals surface area contributed by atoms with Crippen molar-refractivity contribution in [2.75, 3.05) is 20.1 Å². The average molecular weight is 305 g/mol. The van der Waals surface area contributed by atoms with Crippen LogP contribution >= 0.6 is 0 Å². The van der Waals surface area contributed by atoms with Crippen molar-refractivity contribution in [3.63, 3.8) is 0 Å². The fourth-order valence-corrected chi connectivity index (χ4v) is 2.63. The number of nitrogens with zero attached hydrogens (tertiary/aromatic N) is 4. The highest BCUT2D eigenvalue weighted by Crippen LogP contribution is 2.07. The van der Waals surface area contributed by atoms with Gasteiger partial charge in [0.25, 0.3) is 10.2 Å². The van der Waals surface area contributed by atoms with Crippen LogP contribution in [-0.4, -0.2) is 59.5 Å².